The molecule has 1 aliphatic rings. The highest BCUT2D eigenvalue weighted by molar-refractivity contribution is 9.10. The van der Waals surface area contributed by atoms with Crippen molar-refractivity contribution < 1.29 is 5.11 Å². The Morgan fingerprint density at radius 3 is 2.58 bits per heavy atom. The number of halogens is 1. The maximum absolute atomic E-state index is 9.43. The van der Waals surface area contributed by atoms with E-state index in [0.717, 1.165) is 23.0 Å². The van der Waals surface area contributed by atoms with Crippen molar-refractivity contribution >= 4 is 21.6 Å². The number of rotatable bonds is 3. The molecule has 1 saturated carbocycles. The van der Waals surface area contributed by atoms with Crippen LogP contribution >= 0.6 is 15.9 Å². The molecule has 2 aromatic carbocycles. The predicted molar refractivity (Wildman–Crippen MR) is 81.6 cm³/mol. The van der Waals surface area contributed by atoms with Crippen LogP contribution in [-0.2, 0) is 0 Å². The van der Waals surface area contributed by atoms with Crippen molar-refractivity contribution in [2.45, 2.75) is 24.8 Å². The van der Waals surface area contributed by atoms with Gasteiger partial charge in [-0.3, -0.25) is 0 Å². The fourth-order valence-electron chi connectivity index (χ4n) is 2.60. The van der Waals surface area contributed by atoms with Crippen molar-refractivity contribution in [3.05, 3.63) is 58.6 Å². The number of phenolic OH excluding ortho intramolecular Hbond substituents is 1. The fourth-order valence-corrected chi connectivity index (χ4v) is 3.02. The number of phenols is 1. The molecule has 3 heteroatoms. The van der Waals surface area contributed by atoms with Gasteiger partial charge in [-0.05, 0) is 48.6 Å². The standard InChI is InChI=1S/C16H16BrNO/c17-13-4-1-3-11(7-13)12-8-15(9-12)18-14-5-2-6-16(19)10-14/h1-7,10,12,15,18-19H,8-9H2. The monoisotopic (exact) mass is 317 g/mol. The van der Waals surface area contributed by atoms with Crippen molar-refractivity contribution in [2.24, 2.45) is 0 Å². The second-order valence-corrected chi connectivity index (χ2v) is 6.03. The molecular formula is C16H16BrNO. The Hall–Kier alpha value is -1.48. The third-order valence-corrected chi connectivity index (χ3v) is 4.17. The molecule has 2 N–H and O–H groups in total. The highest BCUT2D eigenvalue weighted by atomic mass is 79.9. The molecule has 0 spiro atoms. The molecule has 2 nitrogen and oxygen atoms in total. The summed E-state index contributed by atoms with van der Waals surface area (Å²) in [7, 11) is 0. The lowest BCUT2D eigenvalue weighted by Gasteiger charge is -2.37. The Labute approximate surface area is 121 Å². The van der Waals surface area contributed by atoms with Crippen molar-refractivity contribution in [3.63, 3.8) is 0 Å². The minimum Gasteiger partial charge on any atom is -0.508 e. The number of nitrogens with one attached hydrogen (secondary N) is 1. The molecule has 0 saturated heterocycles. The SMILES string of the molecule is Oc1cccc(NC2CC(c3cccc(Br)c3)C2)c1. The lowest BCUT2D eigenvalue weighted by Crippen LogP contribution is -2.33. The smallest absolute Gasteiger partial charge is 0.117 e. The Morgan fingerprint density at radius 2 is 1.84 bits per heavy atom. The lowest BCUT2D eigenvalue weighted by molar-refractivity contribution is 0.374. The largest absolute Gasteiger partial charge is 0.508 e. The molecule has 0 heterocycles. The molecule has 0 aliphatic heterocycles. The summed E-state index contributed by atoms with van der Waals surface area (Å²) >= 11 is 3.52. The van der Waals surface area contributed by atoms with E-state index in [4.69, 9.17) is 0 Å². The van der Waals surface area contributed by atoms with Gasteiger partial charge in [-0.25, -0.2) is 0 Å². The first-order chi connectivity index (χ1) is 9.20. The summed E-state index contributed by atoms with van der Waals surface area (Å²) in [6, 6.07) is 16.4. The van der Waals surface area contributed by atoms with E-state index in [2.05, 4.69) is 45.5 Å². The molecule has 0 amide bonds. The van der Waals surface area contributed by atoms with Crippen LogP contribution in [0.25, 0.3) is 0 Å². The summed E-state index contributed by atoms with van der Waals surface area (Å²) in [6.07, 6.45) is 2.29. The summed E-state index contributed by atoms with van der Waals surface area (Å²) in [4.78, 5) is 0. The van der Waals surface area contributed by atoms with E-state index in [1.54, 1.807) is 12.1 Å². The molecule has 2 aromatic rings. The normalized spacial score (nSPS) is 21.7. The van der Waals surface area contributed by atoms with E-state index in [9.17, 15) is 5.11 Å². The van der Waals surface area contributed by atoms with Crippen molar-refractivity contribution in [3.8, 4) is 5.75 Å². The van der Waals surface area contributed by atoms with Crippen LogP contribution in [0.4, 0.5) is 5.69 Å². The van der Waals surface area contributed by atoms with Gasteiger partial charge in [0.05, 0.1) is 0 Å². The van der Waals surface area contributed by atoms with Crippen LogP contribution < -0.4 is 5.32 Å². The Balaban J connectivity index is 1.58. The highest BCUT2D eigenvalue weighted by Crippen LogP contribution is 2.39. The summed E-state index contributed by atoms with van der Waals surface area (Å²) in [5, 5.41) is 12.9. The van der Waals surface area contributed by atoms with Crippen molar-refractivity contribution in [1.29, 1.82) is 0 Å². The van der Waals surface area contributed by atoms with Crippen molar-refractivity contribution in [1.82, 2.24) is 0 Å². The second-order valence-electron chi connectivity index (χ2n) is 5.11. The number of benzene rings is 2. The first-order valence-electron chi connectivity index (χ1n) is 6.52. The summed E-state index contributed by atoms with van der Waals surface area (Å²) < 4.78 is 1.15. The highest BCUT2D eigenvalue weighted by Gasteiger charge is 2.30. The van der Waals surface area contributed by atoms with Crippen LogP contribution in [0.1, 0.15) is 24.3 Å². The molecule has 0 atom stereocenters. The summed E-state index contributed by atoms with van der Waals surface area (Å²) in [5.41, 5.74) is 2.40. The first kappa shape index (κ1) is 12.5. The van der Waals surface area contributed by atoms with Gasteiger partial charge < -0.3 is 10.4 Å². The minimum atomic E-state index is 0.313. The van der Waals surface area contributed by atoms with E-state index in [0.29, 0.717) is 17.7 Å². The summed E-state index contributed by atoms with van der Waals surface area (Å²) in [6.45, 7) is 0. The zero-order chi connectivity index (χ0) is 13.2. The molecule has 0 aromatic heterocycles. The van der Waals surface area contributed by atoms with Gasteiger partial charge in [-0.1, -0.05) is 34.1 Å². The van der Waals surface area contributed by atoms with Crippen LogP contribution in [0.2, 0.25) is 0 Å². The Kier molecular flexibility index (Phi) is 3.47. The third kappa shape index (κ3) is 2.92. The van der Waals surface area contributed by atoms with Crippen LogP contribution in [-0.4, -0.2) is 11.1 Å². The van der Waals surface area contributed by atoms with E-state index in [-0.39, 0.29) is 0 Å². The van der Waals surface area contributed by atoms with Crippen LogP contribution in [0.15, 0.2) is 53.0 Å². The van der Waals surface area contributed by atoms with Crippen LogP contribution in [0.5, 0.6) is 5.75 Å². The van der Waals surface area contributed by atoms with Gasteiger partial charge in [0.2, 0.25) is 0 Å². The Morgan fingerprint density at radius 1 is 1.05 bits per heavy atom. The number of anilines is 1. The lowest BCUT2D eigenvalue weighted by atomic mass is 9.76. The molecule has 3 rings (SSSR count). The van der Waals surface area contributed by atoms with Gasteiger partial charge in [0.15, 0.2) is 0 Å². The quantitative estimate of drug-likeness (QED) is 0.872. The molecule has 1 aliphatic carbocycles. The van der Waals surface area contributed by atoms with E-state index >= 15 is 0 Å². The zero-order valence-corrected chi connectivity index (χ0v) is 12.1. The maximum atomic E-state index is 9.43. The van der Waals surface area contributed by atoms with Gasteiger partial charge in [-0.15, -0.1) is 0 Å². The molecular weight excluding hydrogens is 302 g/mol. The molecule has 0 unspecified atom stereocenters. The predicted octanol–water partition coefficient (Wildman–Crippen LogP) is 4.51. The van der Waals surface area contributed by atoms with E-state index < -0.39 is 0 Å². The molecule has 1 fully saturated rings. The van der Waals surface area contributed by atoms with E-state index in [1.807, 2.05) is 12.1 Å². The average Bonchev–Trinajstić information content (AvgIpc) is 2.33. The van der Waals surface area contributed by atoms with Crippen LogP contribution in [0, 0.1) is 0 Å². The minimum absolute atomic E-state index is 0.313. The van der Waals surface area contributed by atoms with Gasteiger partial charge in [-0.2, -0.15) is 0 Å². The molecule has 98 valence electrons. The Bertz CT molecular complexity index is 578. The van der Waals surface area contributed by atoms with Gasteiger partial charge in [0.1, 0.15) is 5.75 Å². The summed E-state index contributed by atoms with van der Waals surface area (Å²) in [5.74, 6) is 0.958. The first-order valence-corrected chi connectivity index (χ1v) is 7.31. The van der Waals surface area contributed by atoms with Gasteiger partial charge in [0, 0.05) is 22.3 Å². The molecule has 19 heavy (non-hydrogen) atoms. The van der Waals surface area contributed by atoms with Gasteiger partial charge in [0.25, 0.3) is 0 Å². The van der Waals surface area contributed by atoms with Gasteiger partial charge >= 0.3 is 0 Å². The third-order valence-electron chi connectivity index (χ3n) is 3.68. The topological polar surface area (TPSA) is 32.3 Å². The molecule has 0 radical (unpaired) electrons. The average molecular weight is 318 g/mol. The second kappa shape index (κ2) is 5.25. The van der Waals surface area contributed by atoms with E-state index in [1.165, 1.54) is 5.56 Å². The molecule has 0 bridgehead atoms. The maximum Gasteiger partial charge on any atom is 0.117 e. The van der Waals surface area contributed by atoms with Crippen LogP contribution in [0.3, 0.4) is 0 Å². The van der Waals surface area contributed by atoms with Crippen molar-refractivity contribution in [2.75, 3.05) is 5.32 Å². The number of hydrogen-bond donors (Lipinski definition) is 2. The number of aromatic hydroxyl groups is 1. The fraction of sp³-hybridized carbons (Fsp3) is 0.250. The zero-order valence-electron chi connectivity index (χ0n) is 10.5. The number of hydrogen-bond acceptors (Lipinski definition) is 2.